The van der Waals surface area contributed by atoms with Crippen LogP contribution in [-0.2, 0) is 11.3 Å². The minimum Gasteiger partial charge on any atom is -0.351 e. The standard InChI is InChI=1S/C25H28F2N8O/c1-14-30-20-9-8-19(32-24(20)35(14)13-21(26)27)17-11-28-23-18(17)12-29-25(33-23)31-15-4-6-16(7-5-15)34-10-2-3-22(34)36/h8-9,11-12,15-16,21H,2-7,10,13H2,1H3,(H2,28,29,31,33)/t15-,16+. The fourth-order valence-electron chi connectivity index (χ4n) is 5.58. The van der Waals surface area contributed by atoms with E-state index in [1.54, 1.807) is 19.2 Å². The molecule has 2 fully saturated rings. The van der Waals surface area contributed by atoms with Gasteiger partial charge in [0.15, 0.2) is 5.65 Å². The summed E-state index contributed by atoms with van der Waals surface area (Å²) >= 11 is 0. The van der Waals surface area contributed by atoms with Gasteiger partial charge in [-0.25, -0.2) is 23.7 Å². The van der Waals surface area contributed by atoms with Crippen LogP contribution in [0, 0.1) is 6.92 Å². The maximum absolute atomic E-state index is 13.1. The van der Waals surface area contributed by atoms with Crippen LogP contribution in [0.1, 0.15) is 44.3 Å². The molecule has 36 heavy (non-hydrogen) atoms. The minimum absolute atomic E-state index is 0.272. The fourth-order valence-corrected chi connectivity index (χ4v) is 5.58. The zero-order valence-electron chi connectivity index (χ0n) is 20.0. The molecule has 0 spiro atoms. The summed E-state index contributed by atoms with van der Waals surface area (Å²) < 4.78 is 27.6. The zero-order chi connectivity index (χ0) is 24.8. The van der Waals surface area contributed by atoms with Crippen LogP contribution in [0.2, 0.25) is 0 Å². The molecular weight excluding hydrogens is 466 g/mol. The molecule has 11 heteroatoms. The highest BCUT2D eigenvalue weighted by molar-refractivity contribution is 5.93. The number of nitrogens with one attached hydrogen (secondary N) is 2. The number of anilines is 1. The van der Waals surface area contributed by atoms with Crippen LogP contribution < -0.4 is 5.32 Å². The van der Waals surface area contributed by atoms with Gasteiger partial charge in [0.1, 0.15) is 17.0 Å². The topological polar surface area (TPSA) is 105 Å². The molecule has 5 heterocycles. The summed E-state index contributed by atoms with van der Waals surface area (Å²) in [7, 11) is 0. The maximum Gasteiger partial charge on any atom is 0.256 e. The Bertz CT molecular complexity index is 1420. The van der Waals surface area contributed by atoms with E-state index in [-0.39, 0.29) is 6.04 Å². The number of pyridine rings is 1. The lowest BCUT2D eigenvalue weighted by molar-refractivity contribution is -0.130. The minimum atomic E-state index is -2.49. The van der Waals surface area contributed by atoms with Gasteiger partial charge in [-0.1, -0.05) is 0 Å². The number of H-pyrrole nitrogens is 1. The zero-order valence-corrected chi connectivity index (χ0v) is 20.0. The predicted octanol–water partition coefficient (Wildman–Crippen LogP) is 4.29. The second-order valence-electron chi connectivity index (χ2n) is 9.70. The number of halogens is 2. The van der Waals surface area contributed by atoms with Gasteiger partial charge in [-0.05, 0) is 51.2 Å². The van der Waals surface area contributed by atoms with E-state index in [0.717, 1.165) is 49.6 Å². The number of imidazole rings is 1. The van der Waals surface area contributed by atoms with Gasteiger partial charge in [0.05, 0.1) is 12.2 Å². The number of amides is 1. The van der Waals surface area contributed by atoms with E-state index >= 15 is 0 Å². The molecule has 1 aliphatic heterocycles. The summed E-state index contributed by atoms with van der Waals surface area (Å²) in [6.07, 6.45) is 6.69. The van der Waals surface area contributed by atoms with Crippen LogP contribution >= 0.6 is 0 Å². The molecule has 0 atom stereocenters. The Morgan fingerprint density at radius 1 is 1.17 bits per heavy atom. The molecule has 9 nitrogen and oxygen atoms in total. The molecule has 4 aromatic rings. The average molecular weight is 495 g/mol. The van der Waals surface area contributed by atoms with Crippen molar-refractivity contribution >= 4 is 34.1 Å². The Hall–Kier alpha value is -3.63. The van der Waals surface area contributed by atoms with Crippen LogP contribution in [0.25, 0.3) is 33.5 Å². The first-order valence-corrected chi connectivity index (χ1v) is 12.5. The summed E-state index contributed by atoms with van der Waals surface area (Å²) in [5.74, 6) is 1.37. The molecule has 1 saturated carbocycles. The van der Waals surface area contributed by atoms with Gasteiger partial charge in [-0.2, -0.15) is 4.98 Å². The normalized spacial score (nSPS) is 20.8. The van der Waals surface area contributed by atoms with Gasteiger partial charge < -0.3 is 19.8 Å². The fraction of sp³-hybridized carbons (Fsp3) is 0.480. The Morgan fingerprint density at radius 3 is 2.75 bits per heavy atom. The van der Waals surface area contributed by atoms with E-state index in [0.29, 0.717) is 52.6 Å². The first-order valence-electron chi connectivity index (χ1n) is 12.5. The molecule has 1 saturated heterocycles. The highest BCUT2D eigenvalue weighted by Gasteiger charge is 2.31. The Kier molecular flexibility index (Phi) is 5.77. The molecule has 6 rings (SSSR count). The summed E-state index contributed by atoms with van der Waals surface area (Å²) in [6.45, 7) is 2.16. The number of carbonyl (C=O) groups excluding carboxylic acids is 1. The number of aromatic amines is 1. The van der Waals surface area contributed by atoms with E-state index in [2.05, 4.69) is 35.1 Å². The molecule has 4 aromatic heterocycles. The highest BCUT2D eigenvalue weighted by Crippen LogP contribution is 2.30. The largest absolute Gasteiger partial charge is 0.351 e. The number of alkyl halides is 2. The van der Waals surface area contributed by atoms with Gasteiger partial charge in [-0.15, -0.1) is 0 Å². The molecule has 0 unspecified atom stereocenters. The van der Waals surface area contributed by atoms with E-state index < -0.39 is 13.0 Å². The quantitative estimate of drug-likeness (QED) is 0.414. The van der Waals surface area contributed by atoms with Gasteiger partial charge in [0.25, 0.3) is 6.43 Å². The van der Waals surface area contributed by atoms with E-state index in [4.69, 9.17) is 0 Å². The van der Waals surface area contributed by atoms with E-state index in [1.807, 2.05) is 12.3 Å². The smallest absolute Gasteiger partial charge is 0.256 e. The number of rotatable bonds is 6. The lowest BCUT2D eigenvalue weighted by atomic mass is 9.90. The number of aryl methyl sites for hydroxylation is 1. The third-order valence-electron chi connectivity index (χ3n) is 7.39. The average Bonchev–Trinajstić information content (AvgIpc) is 3.56. The third-order valence-corrected chi connectivity index (χ3v) is 7.39. The first-order chi connectivity index (χ1) is 17.5. The lowest BCUT2D eigenvalue weighted by Gasteiger charge is -2.34. The van der Waals surface area contributed by atoms with Crippen molar-refractivity contribution in [2.45, 2.75) is 70.5 Å². The molecule has 188 valence electrons. The molecular formula is C25H28F2N8O. The van der Waals surface area contributed by atoms with Crippen LogP contribution in [0.5, 0.6) is 0 Å². The highest BCUT2D eigenvalue weighted by atomic mass is 19.3. The molecule has 0 aromatic carbocycles. The second-order valence-corrected chi connectivity index (χ2v) is 9.70. The summed E-state index contributed by atoms with van der Waals surface area (Å²) in [4.78, 5) is 35.5. The van der Waals surface area contributed by atoms with Crippen molar-refractivity contribution in [1.82, 2.24) is 34.4 Å². The predicted molar refractivity (Wildman–Crippen MR) is 132 cm³/mol. The van der Waals surface area contributed by atoms with Crippen molar-refractivity contribution in [3.63, 3.8) is 0 Å². The van der Waals surface area contributed by atoms with Crippen molar-refractivity contribution in [3.05, 3.63) is 30.4 Å². The first kappa shape index (κ1) is 22.8. The van der Waals surface area contributed by atoms with Crippen LogP contribution in [-0.4, -0.2) is 65.3 Å². The third kappa shape index (κ3) is 4.16. The molecule has 1 aliphatic carbocycles. The SMILES string of the molecule is Cc1nc2ccc(-c3c[nH]c4nc(N[C@H]5CC[C@@H](N6CCCC6=O)CC5)ncc34)nc2n1CC(F)F. The Labute approximate surface area is 206 Å². The summed E-state index contributed by atoms with van der Waals surface area (Å²) in [5, 5.41) is 4.26. The molecule has 1 amide bonds. The van der Waals surface area contributed by atoms with Crippen LogP contribution in [0.3, 0.4) is 0 Å². The monoisotopic (exact) mass is 494 g/mol. The Morgan fingerprint density at radius 2 is 2.00 bits per heavy atom. The second kappa shape index (κ2) is 9.11. The van der Waals surface area contributed by atoms with Crippen LogP contribution in [0.4, 0.5) is 14.7 Å². The number of aromatic nitrogens is 6. The lowest BCUT2D eigenvalue weighted by Crippen LogP contribution is -2.41. The number of carbonyl (C=O) groups is 1. The van der Waals surface area contributed by atoms with Crippen molar-refractivity contribution in [2.24, 2.45) is 0 Å². The summed E-state index contributed by atoms with van der Waals surface area (Å²) in [5.41, 5.74) is 3.14. The van der Waals surface area contributed by atoms with E-state index in [1.165, 1.54) is 4.57 Å². The number of nitrogens with zero attached hydrogens (tertiary/aromatic N) is 6. The van der Waals surface area contributed by atoms with E-state index in [9.17, 15) is 13.6 Å². The van der Waals surface area contributed by atoms with Crippen molar-refractivity contribution < 1.29 is 13.6 Å². The van der Waals surface area contributed by atoms with Gasteiger partial charge >= 0.3 is 0 Å². The summed E-state index contributed by atoms with van der Waals surface area (Å²) in [6, 6.07) is 4.26. The van der Waals surface area contributed by atoms with Gasteiger partial charge in [-0.3, -0.25) is 4.79 Å². The van der Waals surface area contributed by atoms with Crippen molar-refractivity contribution in [1.29, 1.82) is 0 Å². The Balaban J connectivity index is 1.19. The van der Waals surface area contributed by atoms with Gasteiger partial charge in [0.2, 0.25) is 11.9 Å². The molecule has 2 N–H and O–H groups in total. The number of likely N-dealkylation sites (tertiary alicyclic amines) is 1. The molecule has 0 radical (unpaired) electrons. The van der Waals surface area contributed by atoms with Crippen LogP contribution in [0.15, 0.2) is 24.5 Å². The molecule has 0 bridgehead atoms. The van der Waals surface area contributed by atoms with Crippen molar-refractivity contribution in [2.75, 3.05) is 11.9 Å². The van der Waals surface area contributed by atoms with Gasteiger partial charge in [0, 0.05) is 48.4 Å². The number of hydrogen-bond acceptors (Lipinski definition) is 6. The molecule has 2 aliphatic rings. The van der Waals surface area contributed by atoms with Crippen molar-refractivity contribution in [3.8, 4) is 11.3 Å². The number of hydrogen-bond donors (Lipinski definition) is 2. The maximum atomic E-state index is 13.1. The number of fused-ring (bicyclic) bond motifs is 2.